The van der Waals surface area contributed by atoms with E-state index in [-0.39, 0.29) is 16.8 Å². The van der Waals surface area contributed by atoms with E-state index < -0.39 is 10.0 Å². The fourth-order valence-electron chi connectivity index (χ4n) is 3.10. The molecule has 0 aliphatic heterocycles. The average Bonchev–Trinajstić information content (AvgIpc) is 3.51. The van der Waals surface area contributed by atoms with Crippen LogP contribution in [0.1, 0.15) is 54.1 Å². The molecule has 0 spiro atoms. The molecule has 0 aromatic heterocycles. The van der Waals surface area contributed by atoms with E-state index in [1.165, 1.54) is 36.1 Å². The lowest BCUT2D eigenvalue weighted by atomic mass is 10.0. The fourth-order valence-corrected chi connectivity index (χ4v) is 4.01. The van der Waals surface area contributed by atoms with Crippen LogP contribution in [-0.2, 0) is 16.6 Å². The van der Waals surface area contributed by atoms with Gasteiger partial charge in [-0.25, -0.2) is 12.7 Å². The summed E-state index contributed by atoms with van der Waals surface area (Å²) >= 11 is 0. The number of carbonyl (C=O) groups is 1. The first-order valence-electron chi connectivity index (χ1n) is 9.62. The molecule has 0 atom stereocenters. The van der Waals surface area contributed by atoms with Crippen LogP contribution in [0.3, 0.4) is 0 Å². The van der Waals surface area contributed by atoms with E-state index in [1.807, 2.05) is 4.90 Å². The van der Waals surface area contributed by atoms with Gasteiger partial charge in [0.15, 0.2) is 0 Å². The van der Waals surface area contributed by atoms with Crippen molar-refractivity contribution in [3.63, 3.8) is 0 Å². The molecule has 1 amide bonds. The molecule has 6 heteroatoms. The quantitative estimate of drug-likeness (QED) is 0.709. The van der Waals surface area contributed by atoms with Crippen molar-refractivity contribution in [2.45, 2.75) is 50.1 Å². The zero-order valence-corrected chi connectivity index (χ0v) is 17.7. The number of sulfonamides is 1. The van der Waals surface area contributed by atoms with E-state index in [0.29, 0.717) is 18.0 Å². The summed E-state index contributed by atoms with van der Waals surface area (Å²) in [5.41, 5.74) is 2.91. The second kappa shape index (κ2) is 8.05. The van der Waals surface area contributed by atoms with Gasteiger partial charge in [0.2, 0.25) is 10.0 Å². The average molecular weight is 401 g/mol. The highest BCUT2D eigenvalue weighted by Gasteiger charge is 2.33. The minimum absolute atomic E-state index is 0.0516. The van der Waals surface area contributed by atoms with Gasteiger partial charge in [-0.1, -0.05) is 38.1 Å². The molecule has 1 fully saturated rings. The first-order valence-corrected chi connectivity index (χ1v) is 11.1. The number of rotatable bonds is 7. The Morgan fingerprint density at radius 2 is 1.57 bits per heavy atom. The van der Waals surface area contributed by atoms with Gasteiger partial charge < -0.3 is 4.90 Å². The fraction of sp³-hybridized carbons (Fsp3) is 0.409. The van der Waals surface area contributed by atoms with Crippen LogP contribution in [0.4, 0.5) is 0 Å². The third kappa shape index (κ3) is 4.45. The third-order valence-electron chi connectivity index (χ3n) is 5.13. The maximum atomic E-state index is 13.1. The molecule has 3 rings (SSSR count). The van der Waals surface area contributed by atoms with Crippen LogP contribution in [0.2, 0.25) is 0 Å². The monoisotopic (exact) mass is 400 g/mol. The summed E-state index contributed by atoms with van der Waals surface area (Å²) in [5.74, 6) is 0.427. The molecule has 0 radical (unpaired) electrons. The Hall–Kier alpha value is -2.18. The molecule has 0 N–H and O–H groups in total. The van der Waals surface area contributed by atoms with Gasteiger partial charge in [-0.3, -0.25) is 4.79 Å². The largest absolute Gasteiger partial charge is 0.331 e. The lowest BCUT2D eigenvalue weighted by Crippen LogP contribution is -2.32. The van der Waals surface area contributed by atoms with Crippen LogP contribution in [-0.4, -0.2) is 43.7 Å². The van der Waals surface area contributed by atoms with Crippen molar-refractivity contribution in [1.29, 1.82) is 0 Å². The molecule has 1 aliphatic carbocycles. The number of amides is 1. The Kier molecular flexibility index (Phi) is 5.91. The molecule has 1 aliphatic rings. The molecule has 0 unspecified atom stereocenters. The van der Waals surface area contributed by atoms with Crippen molar-refractivity contribution in [2.24, 2.45) is 0 Å². The van der Waals surface area contributed by atoms with Crippen molar-refractivity contribution in [3.05, 3.63) is 65.2 Å². The standard InChI is InChI=1S/C22H28N2O3S/c1-16(2)18-7-5-17(6-8-18)15-24(20-11-12-20)22(25)19-9-13-21(14-10-19)28(26,27)23(3)4/h5-10,13-14,16,20H,11-12,15H2,1-4H3. The van der Waals surface area contributed by atoms with E-state index in [9.17, 15) is 13.2 Å². The van der Waals surface area contributed by atoms with Crippen molar-refractivity contribution in [1.82, 2.24) is 9.21 Å². The van der Waals surface area contributed by atoms with E-state index in [2.05, 4.69) is 38.1 Å². The topological polar surface area (TPSA) is 57.7 Å². The van der Waals surface area contributed by atoms with E-state index in [0.717, 1.165) is 18.4 Å². The Morgan fingerprint density at radius 3 is 2.04 bits per heavy atom. The first-order chi connectivity index (χ1) is 13.2. The highest BCUT2D eigenvalue weighted by molar-refractivity contribution is 7.89. The molecule has 1 saturated carbocycles. The SMILES string of the molecule is CC(C)c1ccc(CN(C(=O)c2ccc(S(=O)(=O)N(C)C)cc2)C2CC2)cc1. The van der Waals surface area contributed by atoms with Crippen LogP contribution >= 0.6 is 0 Å². The van der Waals surface area contributed by atoms with Gasteiger partial charge in [0.25, 0.3) is 5.91 Å². The maximum Gasteiger partial charge on any atom is 0.254 e. The highest BCUT2D eigenvalue weighted by Crippen LogP contribution is 2.30. The lowest BCUT2D eigenvalue weighted by Gasteiger charge is -2.23. The van der Waals surface area contributed by atoms with Gasteiger partial charge >= 0.3 is 0 Å². The normalized spacial score (nSPS) is 14.5. The molecule has 0 saturated heterocycles. The summed E-state index contributed by atoms with van der Waals surface area (Å²) in [6, 6.07) is 14.9. The zero-order valence-electron chi connectivity index (χ0n) is 16.9. The summed E-state index contributed by atoms with van der Waals surface area (Å²) in [6.07, 6.45) is 2.03. The number of hydrogen-bond donors (Lipinski definition) is 0. The lowest BCUT2D eigenvalue weighted by molar-refractivity contribution is 0.0730. The Balaban J connectivity index is 1.78. The van der Waals surface area contributed by atoms with E-state index in [1.54, 1.807) is 12.1 Å². The summed E-state index contributed by atoms with van der Waals surface area (Å²) in [5, 5.41) is 0. The first kappa shape index (κ1) is 20.6. The van der Waals surface area contributed by atoms with Gasteiger partial charge in [-0.05, 0) is 54.2 Å². The molecule has 28 heavy (non-hydrogen) atoms. The van der Waals surface area contributed by atoms with Gasteiger partial charge in [-0.15, -0.1) is 0 Å². The minimum Gasteiger partial charge on any atom is -0.331 e. The van der Waals surface area contributed by atoms with Crippen LogP contribution in [0.5, 0.6) is 0 Å². The maximum absolute atomic E-state index is 13.1. The molecule has 2 aromatic carbocycles. The second-order valence-corrected chi connectivity index (χ2v) is 10.0. The van der Waals surface area contributed by atoms with Crippen molar-refractivity contribution < 1.29 is 13.2 Å². The summed E-state index contributed by atoms with van der Waals surface area (Å²) in [4.78, 5) is 15.2. The van der Waals surface area contributed by atoms with Gasteiger partial charge in [0.1, 0.15) is 0 Å². The Labute approximate surface area is 168 Å². The van der Waals surface area contributed by atoms with Crippen LogP contribution in [0.15, 0.2) is 53.4 Å². The molecule has 2 aromatic rings. The number of hydrogen-bond acceptors (Lipinski definition) is 3. The predicted molar refractivity (Wildman–Crippen MR) is 111 cm³/mol. The smallest absolute Gasteiger partial charge is 0.254 e. The Bertz CT molecular complexity index is 929. The molecular weight excluding hydrogens is 372 g/mol. The van der Waals surface area contributed by atoms with Gasteiger partial charge in [0, 0.05) is 32.2 Å². The molecule has 0 bridgehead atoms. The summed E-state index contributed by atoms with van der Waals surface area (Å²) in [7, 11) is -0.507. The van der Waals surface area contributed by atoms with Gasteiger partial charge in [0.05, 0.1) is 4.90 Å². The van der Waals surface area contributed by atoms with E-state index in [4.69, 9.17) is 0 Å². The second-order valence-electron chi connectivity index (χ2n) is 7.87. The summed E-state index contributed by atoms with van der Waals surface area (Å²) in [6.45, 7) is 4.89. The molecule has 0 heterocycles. The zero-order chi connectivity index (χ0) is 20.5. The van der Waals surface area contributed by atoms with Crippen molar-refractivity contribution >= 4 is 15.9 Å². The van der Waals surface area contributed by atoms with E-state index >= 15 is 0 Å². The van der Waals surface area contributed by atoms with Gasteiger partial charge in [-0.2, -0.15) is 0 Å². The number of carbonyl (C=O) groups excluding carboxylic acids is 1. The number of nitrogens with zero attached hydrogens (tertiary/aromatic N) is 2. The third-order valence-corrected chi connectivity index (χ3v) is 6.96. The number of benzene rings is 2. The van der Waals surface area contributed by atoms with Crippen molar-refractivity contribution in [2.75, 3.05) is 14.1 Å². The predicted octanol–water partition coefficient (Wildman–Crippen LogP) is 3.87. The molecular formula is C22H28N2O3S. The van der Waals surface area contributed by atoms with Crippen LogP contribution < -0.4 is 0 Å². The minimum atomic E-state index is -3.49. The van der Waals surface area contributed by atoms with Crippen molar-refractivity contribution in [3.8, 4) is 0 Å². The van der Waals surface area contributed by atoms with Crippen LogP contribution in [0, 0.1) is 0 Å². The summed E-state index contributed by atoms with van der Waals surface area (Å²) < 4.78 is 25.6. The highest BCUT2D eigenvalue weighted by atomic mass is 32.2. The Morgan fingerprint density at radius 1 is 1.00 bits per heavy atom. The molecule has 150 valence electrons. The van der Waals surface area contributed by atoms with Crippen LogP contribution in [0.25, 0.3) is 0 Å². The molecule has 5 nitrogen and oxygen atoms in total.